The Bertz CT molecular complexity index is 1110. The van der Waals surface area contributed by atoms with E-state index >= 15 is 0 Å². The topological polar surface area (TPSA) is 126 Å². The van der Waals surface area contributed by atoms with Gasteiger partial charge in [0.15, 0.2) is 0 Å². The molecular formula is C21H23N7O3. The second-order valence-electron chi connectivity index (χ2n) is 7.37. The van der Waals surface area contributed by atoms with Gasteiger partial charge in [-0.05, 0) is 31.5 Å². The third-order valence-electron chi connectivity index (χ3n) is 5.21. The zero-order chi connectivity index (χ0) is 22.0. The van der Waals surface area contributed by atoms with Crippen LogP contribution in [0.25, 0.3) is 22.8 Å². The summed E-state index contributed by atoms with van der Waals surface area (Å²) in [4.78, 5) is 38.9. The maximum Gasteiger partial charge on any atom is 0.242 e. The molecule has 3 aromatic heterocycles. The summed E-state index contributed by atoms with van der Waals surface area (Å²) in [5.74, 6) is 0.452. The lowest BCUT2D eigenvalue weighted by Crippen LogP contribution is -2.35. The minimum atomic E-state index is -0.481. The number of likely N-dealkylation sites (N-methyl/N-ethyl adjacent to an activating group) is 2. The summed E-state index contributed by atoms with van der Waals surface area (Å²) >= 11 is 0. The second-order valence-corrected chi connectivity index (χ2v) is 7.37. The highest BCUT2D eigenvalue weighted by molar-refractivity contribution is 5.85. The molecule has 0 saturated carbocycles. The highest BCUT2D eigenvalue weighted by Crippen LogP contribution is 2.30. The average Bonchev–Trinajstić information content (AvgIpc) is 3.40. The summed E-state index contributed by atoms with van der Waals surface area (Å²) in [6, 6.07) is 8.53. The van der Waals surface area contributed by atoms with Crippen molar-refractivity contribution in [2.45, 2.75) is 25.3 Å². The number of pyridine rings is 1. The molecule has 10 nitrogen and oxygen atoms in total. The van der Waals surface area contributed by atoms with Gasteiger partial charge in [0.25, 0.3) is 0 Å². The van der Waals surface area contributed by atoms with E-state index in [1.807, 2.05) is 18.2 Å². The largest absolute Gasteiger partial charge is 0.360 e. The Kier molecular flexibility index (Phi) is 5.61. The summed E-state index contributed by atoms with van der Waals surface area (Å²) < 4.78 is 5.45. The first-order chi connectivity index (χ1) is 15.0. The van der Waals surface area contributed by atoms with Gasteiger partial charge in [0.05, 0.1) is 17.1 Å². The number of amides is 2. The zero-order valence-corrected chi connectivity index (χ0v) is 17.5. The predicted octanol–water partition coefficient (Wildman–Crippen LogP) is 1.69. The minimum absolute atomic E-state index is 0.0383. The summed E-state index contributed by atoms with van der Waals surface area (Å²) in [6.07, 6.45) is 2.31. The lowest BCUT2D eigenvalue weighted by Gasteiger charge is -2.12. The van der Waals surface area contributed by atoms with Crippen molar-refractivity contribution < 1.29 is 14.1 Å². The number of hydrogen-bond donors (Lipinski definition) is 2. The normalized spacial score (nSPS) is 16.9. The van der Waals surface area contributed by atoms with Crippen LogP contribution < -0.4 is 10.6 Å². The number of carbonyl (C=O) groups is 2. The van der Waals surface area contributed by atoms with Crippen LogP contribution in [0.1, 0.15) is 25.0 Å². The molecule has 0 aromatic carbocycles. The van der Waals surface area contributed by atoms with Gasteiger partial charge in [0.2, 0.25) is 17.8 Å². The summed E-state index contributed by atoms with van der Waals surface area (Å²) in [6.45, 7) is 2.43. The third-order valence-corrected chi connectivity index (χ3v) is 5.21. The monoisotopic (exact) mass is 421 g/mol. The number of carbonyl (C=O) groups excluding carboxylic acids is 2. The number of aromatic nitrogens is 4. The van der Waals surface area contributed by atoms with Crippen LogP contribution in [0.15, 0.2) is 41.1 Å². The minimum Gasteiger partial charge on any atom is -0.360 e. The van der Waals surface area contributed by atoms with Gasteiger partial charge in [0, 0.05) is 32.9 Å². The first kappa shape index (κ1) is 20.5. The molecule has 1 aliphatic heterocycles. The quantitative estimate of drug-likeness (QED) is 0.616. The molecule has 10 heteroatoms. The Hall–Kier alpha value is -3.82. The molecule has 0 radical (unpaired) electrons. The molecule has 0 unspecified atom stereocenters. The molecule has 3 aromatic rings. The van der Waals surface area contributed by atoms with E-state index in [2.05, 4.69) is 30.7 Å². The van der Waals surface area contributed by atoms with E-state index in [0.717, 1.165) is 0 Å². The van der Waals surface area contributed by atoms with E-state index in [9.17, 15) is 9.59 Å². The Morgan fingerprint density at radius 1 is 1.19 bits per heavy atom. The molecule has 0 aliphatic carbocycles. The predicted molar refractivity (Wildman–Crippen MR) is 113 cm³/mol. The molecular weight excluding hydrogens is 398 g/mol. The zero-order valence-electron chi connectivity index (χ0n) is 17.5. The first-order valence-electron chi connectivity index (χ1n) is 9.97. The van der Waals surface area contributed by atoms with Gasteiger partial charge in [-0.25, -0.2) is 15.0 Å². The van der Waals surface area contributed by atoms with Gasteiger partial charge in [0.1, 0.15) is 23.4 Å². The molecule has 0 spiro atoms. The second kappa shape index (κ2) is 8.50. The van der Waals surface area contributed by atoms with Crippen molar-refractivity contribution in [2.24, 2.45) is 0 Å². The molecule has 1 aliphatic rings. The van der Waals surface area contributed by atoms with Crippen LogP contribution in [0, 0.1) is 0 Å². The van der Waals surface area contributed by atoms with Crippen molar-refractivity contribution in [3.05, 3.63) is 42.3 Å². The van der Waals surface area contributed by atoms with Crippen LogP contribution in [0.2, 0.25) is 0 Å². The summed E-state index contributed by atoms with van der Waals surface area (Å²) in [5.41, 5.74) is 2.38. The van der Waals surface area contributed by atoms with Gasteiger partial charge < -0.3 is 20.1 Å². The number of hydrogen-bond acceptors (Lipinski definition) is 8. The summed E-state index contributed by atoms with van der Waals surface area (Å²) in [5, 5.41) is 9.65. The molecule has 2 N–H and O–H groups in total. The van der Waals surface area contributed by atoms with Crippen LogP contribution in [0.4, 0.5) is 5.95 Å². The van der Waals surface area contributed by atoms with Crippen molar-refractivity contribution in [1.29, 1.82) is 0 Å². The highest BCUT2D eigenvalue weighted by atomic mass is 16.5. The van der Waals surface area contributed by atoms with Crippen LogP contribution in [0.5, 0.6) is 0 Å². The van der Waals surface area contributed by atoms with Crippen molar-refractivity contribution in [3.8, 4) is 22.8 Å². The molecule has 2 amide bonds. The maximum absolute atomic E-state index is 12.2. The number of anilines is 1. The number of rotatable bonds is 6. The molecule has 160 valence electrons. The van der Waals surface area contributed by atoms with Gasteiger partial charge >= 0.3 is 0 Å². The smallest absolute Gasteiger partial charge is 0.242 e. The Labute approximate surface area is 179 Å². The fourth-order valence-electron chi connectivity index (χ4n) is 3.43. The van der Waals surface area contributed by atoms with Crippen LogP contribution in [0.3, 0.4) is 0 Å². The SMILES string of the molecule is CNC(=O)[C@H](C)Nc1nccc(-c2cccc(-c3cc([C@@H]4CCN(C)C4=O)on3)n2)n1. The third kappa shape index (κ3) is 4.23. The Morgan fingerprint density at radius 2 is 1.94 bits per heavy atom. The van der Waals surface area contributed by atoms with E-state index in [4.69, 9.17) is 4.52 Å². The molecule has 4 heterocycles. The molecule has 4 rings (SSSR count). The van der Waals surface area contributed by atoms with Crippen molar-refractivity contribution in [3.63, 3.8) is 0 Å². The molecule has 1 fully saturated rings. The fraction of sp³-hybridized carbons (Fsp3) is 0.333. The van der Waals surface area contributed by atoms with Gasteiger partial charge in [-0.15, -0.1) is 0 Å². The van der Waals surface area contributed by atoms with E-state index in [0.29, 0.717) is 47.4 Å². The fourth-order valence-corrected chi connectivity index (χ4v) is 3.43. The van der Waals surface area contributed by atoms with Crippen molar-refractivity contribution >= 4 is 17.8 Å². The highest BCUT2D eigenvalue weighted by Gasteiger charge is 2.33. The average molecular weight is 421 g/mol. The van der Waals surface area contributed by atoms with Gasteiger partial charge in [-0.1, -0.05) is 11.2 Å². The molecule has 1 saturated heterocycles. The first-order valence-corrected chi connectivity index (χ1v) is 9.97. The molecule has 31 heavy (non-hydrogen) atoms. The van der Waals surface area contributed by atoms with E-state index in [-0.39, 0.29) is 17.7 Å². The lowest BCUT2D eigenvalue weighted by molar-refractivity contribution is -0.128. The van der Waals surface area contributed by atoms with Gasteiger partial charge in [-0.3, -0.25) is 9.59 Å². The van der Waals surface area contributed by atoms with Crippen molar-refractivity contribution in [2.75, 3.05) is 26.0 Å². The van der Waals surface area contributed by atoms with Crippen LogP contribution in [-0.4, -0.2) is 63.5 Å². The van der Waals surface area contributed by atoms with Crippen molar-refractivity contribution in [1.82, 2.24) is 30.3 Å². The van der Waals surface area contributed by atoms with Crippen LogP contribution in [-0.2, 0) is 9.59 Å². The van der Waals surface area contributed by atoms with E-state index < -0.39 is 6.04 Å². The Balaban J connectivity index is 1.56. The van der Waals surface area contributed by atoms with Crippen LogP contribution >= 0.6 is 0 Å². The summed E-state index contributed by atoms with van der Waals surface area (Å²) in [7, 11) is 3.36. The van der Waals surface area contributed by atoms with E-state index in [1.165, 1.54) is 0 Å². The standard InChI is InChI=1S/C21H23N7O3/c1-12(19(29)22-2)24-21-23-9-7-16(26-21)14-5-4-6-15(25-14)17-11-18(31-27-17)13-8-10-28(3)20(13)30/h4-7,9,11-13H,8,10H2,1-3H3,(H,22,29)(H,23,24,26)/t12-,13-/m0/s1. The maximum atomic E-state index is 12.2. The van der Waals surface area contributed by atoms with E-state index in [1.54, 1.807) is 44.2 Å². The number of nitrogens with one attached hydrogen (secondary N) is 2. The molecule has 0 bridgehead atoms. The number of likely N-dealkylation sites (tertiary alicyclic amines) is 1. The lowest BCUT2D eigenvalue weighted by atomic mass is 10.0. The van der Waals surface area contributed by atoms with Gasteiger partial charge in [-0.2, -0.15) is 0 Å². The Morgan fingerprint density at radius 3 is 2.65 bits per heavy atom. The molecule has 2 atom stereocenters. The number of nitrogens with zero attached hydrogens (tertiary/aromatic N) is 5.